The van der Waals surface area contributed by atoms with Crippen LogP contribution in [0.15, 0.2) is 35.2 Å². The molecule has 0 aliphatic carbocycles. The van der Waals surface area contributed by atoms with Crippen LogP contribution in [0, 0.1) is 0 Å². The van der Waals surface area contributed by atoms with Crippen LogP contribution >= 0.6 is 0 Å². The van der Waals surface area contributed by atoms with E-state index in [0.717, 1.165) is 54.0 Å². The Labute approximate surface area is 225 Å². The van der Waals surface area contributed by atoms with Gasteiger partial charge in [-0.15, -0.1) is 0 Å². The maximum absolute atomic E-state index is 12.2. The second-order valence-electron chi connectivity index (χ2n) is 9.25. The van der Waals surface area contributed by atoms with E-state index < -0.39 is 10.1 Å². The van der Waals surface area contributed by atoms with Gasteiger partial charge in [0.2, 0.25) is 0 Å². The first-order chi connectivity index (χ1) is 15.5. The van der Waals surface area contributed by atoms with Gasteiger partial charge in [0.25, 0.3) is 0 Å². The Kier molecular flexibility index (Phi) is 15.9. The number of hydrogen-bond acceptors (Lipinski definition) is 3. The summed E-state index contributed by atoms with van der Waals surface area (Å²) in [4.78, 5) is 0.0140. The van der Waals surface area contributed by atoms with Crippen LogP contribution in [0.3, 0.4) is 0 Å². The van der Waals surface area contributed by atoms with Gasteiger partial charge >= 0.3 is 29.6 Å². The minimum atomic E-state index is -4.50. The zero-order valence-electron chi connectivity index (χ0n) is 21.3. The summed E-state index contributed by atoms with van der Waals surface area (Å²) in [7, 11) is -4.50. The second-order valence-corrected chi connectivity index (χ2v) is 10.6. The molecule has 0 saturated carbocycles. The molecule has 0 aliphatic rings. The summed E-state index contributed by atoms with van der Waals surface area (Å²) in [6, 6.07) is 9.55. The van der Waals surface area contributed by atoms with Crippen molar-refractivity contribution in [1.29, 1.82) is 0 Å². The van der Waals surface area contributed by atoms with Gasteiger partial charge in [0.15, 0.2) is 0 Å². The molecule has 0 radical (unpaired) electrons. The summed E-state index contributed by atoms with van der Waals surface area (Å²) in [6.07, 6.45) is 18.3. The number of fused-ring (bicyclic) bond motifs is 1. The first kappa shape index (κ1) is 30.6. The van der Waals surface area contributed by atoms with E-state index in [2.05, 4.69) is 19.9 Å². The molecular weight excluding hydrogens is 439 g/mol. The van der Waals surface area contributed by atoms with Crippen molar-refractivity contribution in [3.8, 4) is 0 Å². The fourth-order valence-corrected chi connectivity index (χ4v) is 5.54. The van der Waals surface area contributed by atoms with Crippen molar-refractivity contribution in [3.05, 3.63) is 41.5 Å². The van der Waals surface area contributed by atoms with Crippen LogP contribution in [0.2, 0.25) is 0 Å². The van der Waals surface area contributed by atoms with E-state index in [1.807, 2.05) is 18.2 Å². The van der Waals surface area contributed by atoms with E-state index in [0.29, 0.717) is 6.42 Å². The molecule has 33 heavy (non-hydrogen) atoms. The van der Waals surface area contributed by atoms with Crippen LogP contribution in [-0.4, -0.2) is 13.0 Å². The first-order valence-corrected chi connectivity index (χ1v) is 14.4. The SMILES string of the molecule is CCCCCCCCCc1c(S(=O)(=O)[O-])cc2ccccc2c1CCCCCCCCC.[Na+]. The van der Waals surface area contributed by atoms with E-state index in [1.165, 1.54) is 64.2 Å². The molecule has 0 bridgehead atoms. The number of rotatable bonds is 17. The van der Waals surface area contributed by atoms with Crippen LogP contribution in [-0.2, 0) is 23.0 Å². The van der Waals surface area contributed by atoms with Crippen molar-refractivity contribution >= 4 is 20.9 Å². The van der Waals surface area contributed by atoms with Crippen molar-refractivity contribution in [1.82, 2.24) is 0 Å². The Morgan fingerprint density at radius 1 is 0.667 bits per heavy atom. The second kappa shape index (κ2) is 17.1. The van der Waals surface area contributed by atoms with Crippen LogP contribution in [0.1, 0.15) is 115 Å². The van der Waals surface area contributed by atoms with Gasteiger partial charge in [0.05, 0.1) is 4.90 Å². The van der Waals surface area contributed by atoms with E-state index in [1.54, 1.807) is 6.07 Å². The first-order valence-electron chi connectivity index (χ1n) is 13.0. The fraction of sp³-hybridized carbons (Fsp3) is 0.643. The quantitative estimate of drug-likeness (QED) is 0.174. The maximum atomic E-state index is 12.2. The third kappa shape index (κ3) is 10.8. The van der Waals surface area contributed by atoms with Crippen molar-refractivity contribution in [2.24, 2.45) is 0 Å². The summed E-state index contributed by atoms with van der Waals surface area (Å²) in [5, 5.41) is 1.98. The van der Waals surface area contributed by atoms with Crippen molar-refractivity contribution in [2.45, 2.75) is 121 Å². The molecule has 0 fully saturated rings. The fourth-order valence-electron chi connectivity index (χ4n) is 4.74. The van der Waals surface area contributed by atoms with E-state index >= 15 is 0 Å². The number of aryl methyl sites for hydroxylation is 1. The molecule has 2 aromatic carbocycles. The minimum Gasteiger partial charge on any atom is -0.744 e. The molecule has 0 amide bonds. The van der Waals surface area contributed by atoms with Gasteiger partial charge < -0.3 is 4.55 Å². The third-order valence-electron chi connectivity index (χ3n) is 6.56. The Bertz CT molecular complexity index is 909. The Balaban J connectivity index is 0.00000544. The molecule has 0 heterocycles. The predicted molar refractivity (Wildman–Crippen MR) is 135 cm³/mol. The molecule has 0 N–H and O–H groups in total. The van der Waals surface area contributed by atoms with E-state index in [-0.39, 0.29) is 34.5 Å². The van der Waals surface area contributed by atoms with E-state index in [9.17, 15) is 13.0 Å². The smallest absolute Gasteiger partial charge is 0.744 e. The maximum Gasteiger partial charge on any atom is 1.00 e. The normalized spacial score (nSPS) is 11.6. The van der Waals surface area contributed by atoms with Crippen LogP contribution in [0.25, 0.3) is 10.8 Å². The molecule has 180 valence electrons. The number of unbranched alkanes of at least 4 members (excludes halogenated alkanes) is 12. The third-order valence-corrected chi connectivity index (χ3v) is 7.47. The zero-order valence-corrected chi connectivity index (χ0v) is 24.1. The standard InChI is InChI=1S/C28H44O3S.Na/c1-3-5-7-9-11-13-15-21-26-25-20-18-17-19-24(25)23-28(32(29,30)31)27(26)22-16-14-12-10-8-6-4-2;/h17-20,23H,3-16,21-22H2,1-2H3,(H,29,30,31);/q;+1/p-1. The molecule has 5 heteroatoms. The summed E-state index contributed by atoms with van der Waals surface area (Å²) in [6.45, 7) is 4.45. The summed E-state index contributed by atoms with van der Waals surface area (Å²) < 4.78 is 36.5. The van der Waals surface area contributed by atoms with Gasteiger partial charge in [-0.05, 0) is 53.6 Å². The van der Waals surface area contributed by atoms with Crippen molar-refractivity contribution < 1.29 is 42.5 Å². The van der Waals surface area contributed by atoms with Gasteiger partial charge in [0.1, 0.15) is 10.1 Å². The number of hydrogen-bond donors (Lipinski definition) is 0. The van der Waals surface area contributed by atoms with E-state index in [4.69, 9.17) is 0 Å². The predicted octanol–water partition coefficient (Wildman–Crippen LogP) is 5.33. The van der Waals surface area contributed by atoms with Gasteiger partial charge in [-0.1, -0.05) is 115 Å². The molecule has 3 nitrogen and oxygen atoms in total. The summed E-state index contributed by atoms with van der Waals surface area (Å²) in [5.41, 5.74) is 1.88. The Morgan fingerprint density at radius 3 is 1.64 bits per heavy atom. The molecule has 2 rings (SSSR count). The number of benzene rings is 2. The summed E-state index contributed by atoms with van der Waals surface area (Å²) in [5.74, 6) is 0. The Hall–Kier alpha value is -0.390. The van der Waals surface area contributed by atoms with Gasteiger partial charge in [-0.25, -0.2) is 8.42 Å². The van der Waals surface area contributed by atoms with Crippen molar-refractivity contribution in [3.63, 3.8) is 0 Å². The summed E-state index contributed by atoms with van der Waals surface area (Å²) >= 11 is 0. The average molecular weight is 483 g/mol. The zero-order chi connectivity index (χ0) is 23.2. The molecule has 0 atom stereocenters. The molecule has 0 spiro atoms. The van der Waals surface area contributed by atoms with Crippen LogP contribution < -0.4 is 29.6 Å². The Morgan fingerprint density at radius 2 is 1.12 bits per heavy atom. The van der Waals surface area contributed by atoms with Gasteiger partial charge in [-0.3, -0.25) is 0 Å². The van der Waals surface area contributed by atoms with Crippen LogP contribution in [0.4, 0.5) is 0 Å². The van der Waals surface area contributed by atoms with Gasteiger partial charge in [-0.2, -0.15) is 0 Å². The molecule has 2 aromatic rings. The monoisotopic (exact) mass is 482 g/mol. The van der Waals surface area contributed by atoms with Crippen molar-refractivity contribution in [2.75, 3.05) is 0 Å². The minimum absolute atomic E-state index is 0. The molecular formula is C28H43NaO3S. The molecule has 0 saturated heterocycles. The molecule has 0 unspecified atom stereocenters. The molecule has 0 aromatic heterocycles. The molecule has 0 aliphatic heterocycles. The van der Waals surface area contributed by atoms with Gasteiger partial charge in [0, 0.05) is 0 Å². The average Bonchev–Trinajstić information content (AvgIpc) is 2.77. The topological polar surface area (TPSA) is 57.2 Å². The largest absolute Gasteiger partial charge is 1.00 e. The van der Waals surface area contributed by atoms with Crippen LogP contribution in [0.5, 0.6) is 0 Å².